The van der Waals surface area contributed by atoms with E-state index >= 15 is 0 Å². The van der Waals surface area contributed by atoms with Gasteiger partial charge in [0.05, 0.1) is 6.10 Å². The van der Waals surface area contributed by atoms with Gasteiger partial charge in [0.2, 0.25) is 0 Å². The van der Waals surface area contributed by atoms with Crippen molar-refractivity contribution in [3.63, 3.8) is 0 Å². The summed E-state index contributed by atoms with van der Waals surface area (Å²) in [6.07, 6.45) is 5.98. The second-order valence-electron chi connectivity index (χ2n) is 9.15. The van der Waals surface area contributed by atoms with Gasteiger partial charge in [-0.15, -0.1) is 0 Å². The molecule has 0 spiro atoms. The van der Waals surface area contributed by atoms with Crippen molar-refractivity contribution in [3.8, 4) is 0 Å². The van der Waals surface area contributed by atoms with Gasteiger partial charge in [0, 0.05) is 0 Å². The molecule has 0 rings (SSSR count). The Morgan fingerprint density at radius 1 is 0.769 bits per heavy atom. The Morgan fingerprint density at radius 2 is 1.19 bits per heavy atom. The van der Waals surface area contributed by atoms with Gasteiger partial charge in [0.1, 0.15) is 0 Å². The Hall–Kier alpha value is -1.06. The second-order valence-corrected chi connectivity index (χ2v) is 9.15. The summed E-state index contributed by atoms with van der Waals surface area (Å²) in [5.41, 5.74) is -1.40. The molecule has 4 heteroatoms. The predicted molar refractivity (Wildman–Crippen MR) is 107 cm³/mol. The van der Waals surface area contributed by atoms with Crippen molar-refractivity contribution in [2.75, 3.05) is 0 Å². The summed E-state index contributed by atoms with van der Waals surface area (Å²) >= 11 is 0. The molecular formula is C22H42O4. The van der Waals surface area contributed by atoms with Crippen molar-refractivity contribution in [3.05, 3.63) is 0 Å². The zero-order chi connectivity index (χ0) is 20.3. The van der Waals surface area contributed by atoms with Gasteiger partial charge in [-0.2, -0.15) is 0 Å². The standard InChI is InChI=1S/C22H42O4/c1-16(2)10-8-9-11-19(7)26-21(25)22(20(23)24,14-12-17(3)4)15-13-18(5)6/h16-19H,8-15H2,1-7H3,(H,23,24). The first-order chi connectivity index (χ1) is 12.0. The zero-order valence-electron chi connectivity index (χ0n) is 18.1. The summed E-state index contributed by atoms with van der Waals surface area (Å²) in [4.78, 5) is 25.0. The summed E-state index contributed by atoms with van der Waals surface area (Å²) in [5, 5.41) is 9.91. The summed E-state index contributed by atoms with van der Waals surface area (Å²) in [5.74, 6) is -0.180. The van der Waals surface area contributed by atoms with Gasteiger partial charge < -0.3 is 9.84 Å². The third kappa shape index (κ3) is 9.59. The van der Waals surface area contributed by atoms with Crippen LogP contribution in [0.2, 0.25) is 0 Å². The number of carbonyl (C=O) groups excluding carboxylic acids is 1. The molecule has 0 aliphatic rings. The van der Waals surface area contributed by atoms with Crippen LogP contribution in [0.1, 0.15) is 99.8 Å². The first-order valence-corrected chi connectivity index (χ1v) is 10.5. The molecule has 26 heavy (non-hydrogen) atoms. The quantitative estimate of drug-likeness (QED) is 0.229. The van der Waals surface area contributed by atoms with Crippen LogP contribution in [-0.2, 0) is 14.3 Å². The highest BCUT2D eigenvalue weighted by Crippen LogP contribution is 2.35. The highest BCUT2D eigenvalue weighted by Gasteiger charge is 2.47. The van der Waals surface area contributed by atoms with Crippen molar-refractivity contribution in [2.24, 2.45) is 23.2 Å². The minimum absolute atomic E-state index is 0.230. The lowest BCUT2D eigenvalue weighted by atomic mass is 9.76. The van der Waals surface area contributed by atoms with Crippen LogP contribution in [0, 0.1) is 23.2 Å². The number of esters is 1. The molecule has 0 saturated heterocycles. The molecule has 0 heterocycles. The minimum Gasteiger partial charge on any atom is -0.480 e. The van der Waals surface area contributed by atoms with Gasteiger partial charge in [-0.1, -0.05) is 54.4 Å². The molecule has 0 aliphatic heterocycles. The first kappa shape index (κ1) is 24.9. The van der Waals surface area contributed by atoms with E-state index in [9.17, 15) is 14.7 Å². The van der Waals surface area contributed by atoms with Gasteiger partial charge >= 0.3 is 11.9 Å². The molecular weight excluding hydrogens is 328 g/mol. The second kappa shape index (κ2) is 12.3. The number of hydrogen-bond acceptors (Lipinski definition) is 3. The van der Waals surface area contributed by atoms with Crippen LogP contribution in [0.15, 0.2) is 0 Å². The molecule has 0 aromatic rings. The lowest BCUT2D eigenvalue weighted by Gasteiger charge is -2.30. The fourth-order valence-corrected chi connectivity index (χ4v) is 3.04. The molecule has 154 valence electrons. The molecule has 0 aliphatic carbocycles. The van der Waals surface area contributed by atoms with E-state index < -0.39 is 17.4 Å². The number of carbonyl (C=O) groups is 2. The smallest absolute Gasteiger partial charge is 0.323 e. The van der Waals surface area contributed by atoms with Crippen LogP contribution in [0.4, 0.5) is 0 Å². The molecule has 1 unspecified atom stereocenters. The highest BCUT2D eigenvalue weighted by molar-refractivity contribution is 5.99. The maximum atomic E-state index is 12.9. The van der Waals surface area contributed by atoms with Crippen LogP contribution in [0.25, 0.3) is 0 Å². The average Bonchev–Trinajstić information content (AvgIpc) is 2.50. The van der Waals surface area contributed by atoms with Crippen LogP contribution in [0.5, 0.6) is 0 Å². The molecule has 0 aromatic carbocycles. The Balaban J connectivity index is 4.96. The Kier molecular flexibility index (Phi) is 11.8. The van der Waals surface area contributed by atoms with Crippen LogP contribution in [0.3, 0.4) is 0 Å². The Labute approximate surface area is 161 Å². The van der Waals surface area contributed by atoms with Gasteiger partial charge in [-0.05, 0) is 63.2 Å². The third-order valence-corrected chi connectivity index (χ3v) is 5.05. The van der Waals surface area contributed by atoms with Gasteiger partial charge in [-0.3, -0.25) is 9.59 Å². The van der Waals surface area contributed by atoms with Crippen LogP contribution >= 0.6 is 0 Å². The van der Waals surface area contributed by atoms with Crippen molar-refractivity contribution < 1.29 is 19.4 Å². The SMILES string of the molecule is CC(C)CCCCC(C)OC(=O)C(CCC(C)C)(CCC(C)C)C(=O)O. The average molecular weight is 371 g/mol. The van der Waals surface area contributed by atoms with Crippen LogP contribution in [-0.4, -0.2) is 23.1 Å². The normalized spacial score (nSPS) is 13.5. The molecule has 0 radical (unpaired) electrons. The summed E-state index contributed by atoms with van der Waals surface area (Å²) in [6, 6.07) is 0. The number of unbranched alkanes of at least 4 members (excludes halogenated alkanes) is 1. The fourth-order valence-electron chi connectivity index (χ4n) is 3.04. The van der Waals surface area contributed by atoms with Crippen molar-refractivity contribution in [1.82, 2.24) is 0 Å². The number of rotatable bonds is 14. The lowest BCUT2D eigenvalue weighted by molar-refractivity contribution is -0.174. The lowest BCUT2D eigenvalue weighted by Crippen LogP contribution is -2.42. The van der Waals surface area contributed by atoms with E-state index in [0.29, 0.717) is 43.4 Å². The first-order valence-electron chi connectivity index (χ1n) is 10.5. The van der Waals surface area contributed by atoms with Gasteiger partial charge in [-0.25, -0.2) is 0 Å². The monoisotopic (exact) mass is 370 g/mol. The van der Waals surface area contributed by atoms with E-state index in [4.69, 9.17) is 4.74 Å². The molecule has 0 fully saturated rings. The zero-order valence-corrected chi connectivity index (χ0v) is 18.1. The van der Waals surface area contributed by atoms with E-state index in [1.54, 1.807) is 0 Å². The summed E-state index contributed by atoms with van der Waals surface area (Å²) in [6.45, 7) is 14.5. The number of hydrogen-bond donors (Lipinski definition) is 1. The largest absolute Gasteiger partial charge is 0.480 e. The molecule has 0 bridgehead atoms. The molecule has 0 aromatic heterocycles. The number of carboxylic acid groups (broad SMARTS) is 1. The highest BCUT2D eigenvalue weighted by atomic mass is 16.5. The molecule has 1 atom stereocenters. The van der Waals surface area contributed by atoms with E-state index in [1.165, 1.54) is 6.42 Å². The third-order valence-electron chi connectivity index (χ3n) is 5.05. The van der Waals surface area contributed by atoms with E-state index in [0.717, 1.165) is 19.3 Å². The minimum atomic E-state index is -1.40. The summed E-state index contributed by atoms with van der Waals surface area (Å²) in [7, 11) is 0. The molecule has 0 amide bonds. The van der Waals surface area contributed by atoms with Crippen molar-refractivity contribution in [1.29, 1.82) is 0 Å². The Morgan fingerprint density at radius 3 is 1.58 bits per heavy atom. The predicted octanol–water partition coefficient (Wildman–Crippen LogP) is 6.08. The molecule has 4 nitrogen and oxygen atoms in total. The fraction of sp³-hybridized carbons (Fsp3) is 0.909. The molecule has 0 saturated carbocycles. The number of aliphatic carboxylic acids is 1. The number of carboxylic acids is 1. The maximum absolute atomic E-state index is 12.9. The van der Waals surface area contributed by atoms with Crippen molar-refractivity contribution >= 4 is 11.9 Å². The maximum Gasteiger partial charge on any atom is 0.323 e. The van der Waals surface area contributed by atoms with E-state index in [1.807, 2.05) is 6.92 Å². The van der Waals surface area contributed by atoms with E-state index in [2.05, 4.69) is 41.5 Å². The molecule has 1 N–H and O–H groups in total. The van der Waals surface area contributed by atoms with Gasteiger partial charge in [0.25, 0.3) is 0 Å². The van der Waals surface area contributed by atoms with Crippen molar-refractivity contribution in [2.45, 2.75) is 106 Å². The van der Waals surface area contributed by atoms with Gasteiger partial charge in [0.15, 0.2) is 5.41 Å². The van der Waals surface area contributed by atoms with E-state index in [-0.39, 0.29) is 6.10 Å². The Bertz CT molecular complexity index is 400. The van der Waals surface area contributed by atoms with Crippen LogP contribution < -0.4 is 0 Å². The number of ether oxygens (including phenoxy) is 1. The summed E-state index contributed by atoms with van der Waals surface area (Å²) < 4.78 is 5.63. The topological polar surface area (TPSA) is 63.6 Å².